The van der Waals surface area contributed by atoms with Crippen molar-refractivity contribution in [2.24, 2.45) is 0 Å². The van der Waals surface area contributed by atoms with Gasteiger partial charge in [-0.05, 0) is 24.3 Å². The van der Waals surface area contributed by atoms with Crippen LogP contribution in [0.4, 0.5) is 0 Å². The van der Waals surface area contributed by atoms with Gasteiger partial charge in [-0.2, -0.15) is 0 Å². The molecule has 2 aromatic carbocycles. The zero-order valence-electron chi connectivity index (χ0n) is 18.1. The molecule has 0 radical (unpaired) electrons. The molecule has 1 fully saturated rings. The highest BCUT2D eigenvalue weighted by Crippen LogP contribution is 2.24. The number of rotatable bonds is 6. The van der Waals surface area contributed by atoms with E-state index in [9.17, 15) is 13.2 Å². The van der Waals surface area contributed by atoms with E-state index in [2.05, 4.69) is 22.4 Å². The first-order valence-electron chi connectivity index (χ1n) is 10.4. The quantitative estimate of drug-likeness (QED) is 0.554. The largest absolute Gasteiger partial charge is 0.336 e. The normalized spacial score (nSPS) is 15.3. The number of piperazine rings is 1. The Morgan fingerprint density at radius 2 is 1.66 bits per heavy atom. The number of thiazole rings is 1. The van der Waals surface area contributed by atoms with Crippen molar-refractivity contribution in [3.63, 3.8) is 0 Å². The maximum atomic E-state index is 12.9. The van der Waals surface area contributed by atoms with Gasteiger partial charge in [-0.1, -0.05) is 30.3 Å². The fraction of sp³-hybridized carbons (Fsp3) is 0.304. The number of carbonyl (C=O) groups is 1. The number of hydrogen-bond acceptors (Lipinski definition) is 6. The Morgan fingerprint density at radius 1 is 1.00 bits per heavy atom. The summed E-state index contributed by atoms with van der Waals surface area (Å²) in [5, 5.41) is 3.12. The Labute approximate surface area is 193 Å². The van der Waals surface area contributed by atoms with Gasteiger partial charge in [0, 0.05) is 63.3 Å². The molecule has 3 aromatic rings. The van der Waals surface area contributed by atoms with Crippen molar-refractivity contribution in [2.75, 3.05) is 40.3 Å². The summed E-state index contributed by atoms with van der Waals surface area (Å²) >= 11 is 1.65. The summed E-state index contributed by atoms with van der Waals surface area (Å²) in [4.78, 5) is 21.9. The molecule has 7 nitrogen and oxygen atoms in total. The second kappa shape index (κ2) is 9.50. The highest BCUT2D eigenvalue weighted by Gasteiger charge is 2.24. The molecule has 0 atom stereocenters. The highest BCUT2D eigenvalue weighted by atomic mass is 32.2. The van der Waals surface area contributed by atoms with Crippen molar-refractivity contribution in [3.05, 3.63) is 71.2 Å². The molecule has 1 aliphatic rings. The summed E-state index contributed by atoms with van der Waals surface area (Å²) in [6, 6.07) is 16.3. The fourth-order valence-corrected chi connectivity index (χ4v) is 5.31. The molecule has 0 aliphatic carbocycles. The third kappa shape index (κ3) is 4.91. The van der Waals surface area contributed by atoms with Crippen molar-refractivity contribution in [1.82, 2.24) is 19.1 Å². The van der Waals surface area contributed by atoms with Crippen LogP contribution in [-0.4, -0.2) is 73.7 Å². The lowest BCUT2D eigenvalue weighted by molar-refractivity contribution is 0.0627. The minimum absolute atomic E-state index is 0.0709. The molecular weight excluding hydrogens is 444 g/mol. The first kappa shape index (κ1) is 22.6. The topological polar surface area (TPSA) is 73.8 Å². The maximum absolute atomic E-state index is 12.9. The van der Waals surface area contributed by atoms with Crippen LogP contribution in [0.3, 0.4) is 0 Å². The van der Waals surface area contributed by atoms with Gasteiger partial charge in [0.2, 0.25) is 10.0 Å². The van der Waals surface area contributed by atoms with Gasteiger partial charge in [0.25, 0.3) is 5.91 Å². The van der Waals surface area contributed by atoms with E-state index in [0.29, 0.717) is 18.7 Å². The predicted molar refractivity (Wildman–Crippen MR) is 126 cm³/mol. The summed E-state index contributed by atoms with van der Waals surface area (Å²) in [6.07, 6.45) is 0. The third-order valence-electron chi connectivity index (χ3n) is 5.50. The number of hydrogen-bond donors (Lipinski definition) is 0. The van der Waals surface area contributed by atoms with Crippen LogP contribution < -0.4 is 0 Å². The van der Waals surface area contributed by atoms with E-state index >= 15 is 0 Å². The van der Waals surface area contributed by atoms with Crippen molar-refractivity contribution in [2.45, 2.75) is 11.4 Å². The van der Waals surface area contributed by atoms with E-state index < -0.39 is 10.0 Å². The van der Waals surface area contributed by atoms with E-state index in [-0.39, 0.29) is 10.8 Å². The SMILES string of the molecule is CN(C)S(=O)(=O)c1ccc(C(=O)N2CCN(Cc3csc(-c4ccccc4)n3)CC2)cc1. The Bertz CT molecular complexity index is 1170. The van der Waals surface area contributed by atoms with Crippen LogP contribution in [0.1, 0.15) is 16.1 Å². The summed E-state index contributed by atoms with van der Waals surface area (Å²) < 4.78 is 25.6. The van der Waals surface area contributed by atoms with Gasteiger partial charge in [-0.3, -0.25) is 9.69 Å². The van der Waals surface area contributed by atoms with Gasteiger partial charge in [-0.25, -0.2) is 17.7 Å². The van der Waals surface area contributed by atoms with Crippen molar-refractivity contribution < 1.29 is 13.2 Å². The molecule has 0 unspecified atom stereocenters. The van der Waals surface area contributed by atoms with E-state index in [4.69, 9.17) is 4.98 Å². The van der Waals surface area contributed by atoms with Gasteiger partial charge in [0.05, 0.1) is 10.6 Å². The van der Waals surface area contributed by atoms with Crippen LogP contribution in [-0.2, 0) is 16.6 Å². The molecule has 4 rings (SSSR count). The lowest BCUT2D eigenvalue weighted by Gasteiger charge is -2.34. The van der Waals surface area contributed by atoms with Gasteiger partial charge in [0.1, 0.15) is 5.01 Å². The zero-order valence-corrected chi connectivity index (χ0v) is 19.8. The van der Waals surface area contributed by atoms with E-state index in [1.165, 1.54) is 26.2 Å². The molecule has 168 valence electrons. The summed E-state index contributed by atoms with van der Waals surface area (Å²) in [5.41, 5.74) is 2.68. The van der Waals surface area contributed by atoms with Crippen molar-refractivity contribution in [3.8, 4) is 10.6 Å². The van der Waals surface area contributed by atoms with Crippen molar-refractivity contribution >= 4 is 27.3 Å². The second-order valence-electron chi connectivity index (χ2n) is 7.89. The number of benzene rings is 2. The van der Waals surface area contributed by atoms with Crippen molar-refractivity contribution in [1.29, 1.82) is 0 Å². The molecule has 0 spiro atoms. The standard InChI is InChI=1S/C23H26N4O3S2/c1-25(2)32(29,30)21-10-8-19(9-11-21)23(28)27-14-12-26(13-15-27)16-20-17-31-22(24-20)18-6-4-3-5-7-18/h3-11,17H,12-16H2,1-2H3. The Balaban J connectivity index is 1.33. The van der Waals surface area contributed by atoms with Gasteiger partial charge < -0.3 is 4.90 Å². The molecule has 2 heterocycles. The molecule has 9 heteroatoms. The summed E-state index contributed by atoms with van der Waals surface area (Å²) in [6.45, 7) is 3.58. The lowest BCUT2D eigenvalue weighted by Crippen LogP contribution is -2.48. The van der Waals surface area contributed by atoms with Crippen LogP contribution in [0.15, 0.2) is 64.9 Å². The summed E-state index contributed by atoms with van der Waals surface area (Å²) in [7, 11) is -0.525. The second-order valence-corrected chi connectivity index (χ2v) is 10.9. The van der Waals surface area contributed by atoms with Crippen LogP contribution in [0.25, 0.3) is 10.6 Å². The molecule has 1 amide bonds. The van der Waals surface area contributed by atoms with Crippen LogP contribution in [0.5, 0.6) is 0 Å². The molecule has 1 aromatic heterocycles. The zero-order chi connectivity index (χ0) is 22.7. The molecule has 1 aliphatic heterocycles. The van der Waals surface area contributed by atoms with Gasteiger partial charge >= 0.3 is 0 Å². The van der Waals surface area contributed by atoms with Crippen LogP contribution in [0, 0.1) is 0 Å². The van der Waals surface area contributed by atoms with Gasteiger partial charge in [0.15, 0.2) is 0 Å². The molecular formula is C23H26N4O3S2. The Hall–Kier alpha value is -2.59. The van der Waals surface area contributed by atoms with Crippen LogP contribution in [0.2, 0.25) is 0 Å². The lowest BCUT2D eigenvalue weighted by atomic mass is 10.2. The monoisotopic (exact) mass is 470 g/mol. The molecule has 0 saturated carbocycles. The smallest absolute Gasteiger partial charge is 0.253 e. The number of nitrogens with zero attached hydrogens (tertiary/aromatic N) is 4. The van der Waals surface area contributed by atoms with E-state index in [1.807, 2.05) is 23.1 Å². The number of carbonyl (C=O) groups excluding carboxylic acids is 1. The minimum atomic E-state index is -3.50. The average Bonchev–Trinajstić information content (AvgIpc) is 3.28. The number of amides is 1. The molecule has 1 saturated heterocycles. The third-order valence-corrected chi connectivity index (χ3v) is 8.27. The first-order valence-corrected chi connectivity index (χ1v) is 12.7. The number of sulfonamides is 1. The molecule has 0 bridgehead atoms. The van der Waals surface area contributed by atoms with E-state index in [0.717, 1.165) is 40.2 Å². The highest BCUT2D eigenvalue weighted by molar-refractivity contribution is 7.89. The van der Waals surface area contributed by atoms with E-state index in [1.54, 1.807) is 23.5 Å². The van der Waals surface area contributed by atoms with Gasteiger partial charge in [-0.15, -0.1) is 11.3 Å². The molecule has 32 heavy (non-hydrogen) atoms. The molecule has 0 N–H and O–H groups in total. The fourth-order valence-electron chi connectivity index (χ4n) is 3.59. The Kier molecular flexibility index (Phi) is 6.71. The summed E-state index contributed by atoms with van der Waals surface area (Å²) in [5.74, 6) is -0.0709. The average molecular weight is 471 g/mol. The minimum Gasteiger partial charge on any atom is -0.336 e. The maximum Gasteiger partial charge on any atom is 0.253 e. The first-order chi connectivity index (χ1) is 15.3. The predicted octanol–water partition coefficient (Wildman–Crippen LogP) is 3.02. The van der Waals surface area contributed by atoms with Crippen LogP contribution >= 0.6 is 11.3 Å². The number of aromatic nitrogens is 1. The Morgan fingerprint density at radius 3 is 2.28 bits per heavy atom.